The molecule has 118 valence electrons. The fourth-order valence-electron chi connectivity index (χ4n) is 4.96. The minimum absolute atomic E-state index is 0.0259. The molecule has 2 saturated carbocycles. The highest BCUT2D eigenvalue weighted by atomic mass is 16.4. The lowest BCUT2D eigenvalue weighted by Gasteiger charge is -2.37. The third-order valence-corrected chi connectivity index (χ3v) is 6.03. The van der Waals surface area contributed by atoms with Gasteiger partial charge in [-0.2, -0.15) is 0 Å². The van der Waals surface area contributed by atoms with Gasteiger partial charge in [0.2, 0.25) is 11.8 Å². The van der Waals surface area contributed by atoms with Gasteiger partial charge in [0.15, 0.2) is 0 Å². The molecule has 0 radical (unpaired) electrons. The van der Waals surface area contributed by atoms with Crippen molar-refractivity contribution in [2.24, 2.45) is 35.5 Å². The van der Waals surface area contributed by atoms with Gasteiger partial charge in [-0.25, -0.2) is 0 Å². The van der Waals surface area contributed by atoms with E-state index < -0.39 is 5.97 Å². The molecule has 0 aromatic heterocycles. The smallest absolute Gasteiger partial charge is 0.303 e. The predicted molar refractivity (Wildman–Crippen MR) is 77.5 cm³/mol. The Morgan fingerprint density at radius 1 is 1.05 bits per heavy atom. The molecule has 0 unspecified atom stereocenters. The Labute approximate surface area is 129 Å². The lowest BCUT2D eigenvalue weighted by atomic mass is 9.63. The summed E-state index contributed by atoms with van der Waals surface area (Å²) >= 11 is 0. The molecule has 3 fully saturated rings. The van der Waals surface area contributed by atoms with Gasteiger partial charge in [0.1, 0.15) is 0 Å². The molecule has 5 heteroatoms. The Morgan fingerprint density at radius 2 is 1.64 bits per heavy atom. The van der Waals surface area contributed by atoms with Crippen LogP contribution in [0.5, 0.6) is 0 Å². The monoisotopic (exact) mass is 303 g/mol. The number of nitrogens with zero attached hydrogens (tertiary/aromatic N) is 1. The molecule has 4 aliphatic carbocycles. The Morgan fingerprint density at radius 3 is 2.18 bits per heavy atom. The van der Waals surface area contributed by atoms with E-state index in [0.717, 1.165) is 6.42 Å². The number of carboxylic acids is 1. The maximum atomic E-state index is 12.7. The molecule has 1 aliphatic heterocycles. The Kier molecular flexibility index (Phi) is 3.13. The van der Waals surface area contributed by atoms with Crippen molar-refractivity contribution in [3.05, 3.63) is 12.2 Å². The van der Waals surface area contributed by atoms with E-state index in [1.54, 1.807) is 0 Å². The summed E-state index contributed by atoms with van der Waals surface area (Å²) in [5.74, 6) is 0.904. The van der Waals surface area contributed by atoms with E-state index in [2.05, 4.69) is 12.2 Å². The SMILES string of the molecule is O=C(O)CCCCCN1C(=O)[C@@H]2[C@@H]3C=C[C@H]([C@@H]4C[C@@H]34)[C@H]2C1=O. The third kappa shape index (κ3) is 1.94. The standard InChI is InChI=1S/C17H21NO4/c19-13(20)4-2-1-3-7-18-16(21)14-9-5-6-10(12-8-11(9)12)15(14)17(18)22/h5-6,9-12,14-15H,1-4,7-8H2,(H,19,20)/t9-,10-,11+,12+,14-,15-/m1/s1. The van der Waals surface area contributed by atoms with Crippen molar-refractivity contribution in [1.29, 1.82) is 0 Å². The molecular weight excluding hydrogens is 282 g/mol. The molecule has 0 aromatic carbocycles. The highest BCUT2D eigenvalue weighted by molar-refractivity contribution is 6.06. The van der Waals surface area contributed by atoms with Crippen molar-refractivity contribution in [2.45, 2.75) is 32.1 Å². The number of hydrogen-bond donors (Lipinski definition) is 1. The summed E-state index contributed by atoms with van der Waals surface area (Å²) in [6, 6.07) is 0. The van der Waals surface area contributed by atoms with E-state index in [4.69, 9.17) is 5.11 Å². The first kappa shape index (κ1) is 14.0. The summed E-state index contributed by atoms with van der Waals surface area (Å²) in [5, 5.41) is 8.62. The topological polar surface area (TPSA) is 74.7 Å². The van der Waals surface area contributed by atoms with Gasteiger partial charge < -0.3 is 5.11 Å². The molecule has 0 aromatic rings. The Hall–Kier alpha value is -1.65. The van der Waals surface area contributed by atoms with E-state index in [1.165, 1.54) is 11.3 Å². The highest BCUT2D eigenvalue weighted by Gasteiger charge is 2.66. The van der Waals surface area contributed by atoms with Gasteiger partial charge in [-0.15, -0.1) is 0 Å². The van der Waals surface area contributed by atoms with Crippen LogP contribution < -0.4 is 0 Å². The maximum absolute atomic E-state index is 12.7. The number of unbranched alkanes of at least 4 members (excludes halogenated alkanes) is 2. The average Bonchev–Trinajstić information content (AvgIpc) is 3.26. The number of carbonyl (C=O) groups is 3. The van der Waals surface area contributed by atoms with E-state index in [-0.39, 0.29) is 41.9 Å². The summed E-state index contributed by atoms with van der Waals surface area (Å²) in [7, 11) is 0. The molecule has 2 amide bonds. The first-order chi connectivity index (χ1) is 10.6. The molecule has 5 aliphatic rings. The second-order valence-electron chi connectivity index (χ2n) is 7.19. The number of likely N-dealkylation sites (tertiary alicyclic amines) is 1. The van der Waals surface area contributed by atoms with Crippen molar-refractivity contribution < 1.29 is 19.5 Å². The van der Waals surface area contributed by atoms with Gasteiger partial charge >= 0.3 is 5.97 Å². The van der Waals surface area contributed by atoms with Crippen LogP contribution in [0.1, 0.15) is 32.1 Å². The van der Waals surface area contributed by atoms with E-state index >= 15 is 0 Å². The van der Waals surface area contributed by atoms with Crippen molar-refractivity contribution in [3.8, 4) is 0 Å². The van der Waals surface area contributed by atoms with Gasteiger partial charge in [-0.1, -0.05) is 18.6 Å². The fraction of sp³-hybridized carbons (Fsp3) is 0.706. The summed E-state index contributed by atoms with van der Waals surface area (Å²) in [5.41, 5.74) is 0. The van der Waals surface area contributed by atoms with Crippen LogP contribution in [0.3, 0.4) is 0 Å². The summed E-state index contributed by atoms with van der Waals surface area (Å²) < 4.78 is 0. The van der Waals surface area contributed by atoms with Crippen molar-refractivity contribution in [3.63, 3.8) is 0 Å². The van der Waals surface area contributed by atoms with E-state index in [9.17, 15) is 14.4 Å². The molecule has 5 rings (SSSR count). The van der Waals surface area contributed by atoms with Crippen molar-refractivity contribution in [1.82, 2.24) is 4.90 Å². The molecule has 0 spiro atoms. The zero-order chi connectivity index (χ0) is 15.4. The maximum Gasteiger partial charge on any atom is 0.303 e. The Balaban J connectivity index is 1.39. The summed E-state index contributed by atoms with van der Waals surface area (Å²) in [6.45, 7) is 0.457. The lowest BCUT2D eigenvalue weighted by molar-refractivity contribution is -0.141. The van der Waals surface area contributed by atoms with E-state index in [1.807, 2.05) is 0 Å². The first-order valence-electron chi connectivity index (χ1n) is 8.35. The normalized spacial score (nSPS) is 40.8. The molecular formula is C17H21NO4. The quantitative estimate of drug-likeness (QED) is 0.460. The van der Waals surface area contributed by atoms with Crippen LogP contribution in [-0.4, -0.2) is 34.3 Å². The number of imide groups is 1. The van der Waals surface area contributed by atoms with Gasteiger partial charge in [0, 0.05) is 13.0 Å². The Bertz CT molecular complexity index is 533. The zero-order valence-corrected chi connectivity index (χ0v) is 12.5. The highest BCUT2D eigenvalue weighted by Crippen LogP contribution is 2.65. The molecule has 1 heterocycles. The van der Waals surface area contributed by atoms with E-state index in [0.29, 0.717) is 31.2 Å². The number of carboxylic acid groups (broad SMARTS) is 1. The van der Waals surface area contributed by atoms with Crippen molar-refractivity contribution in [2.75, 3.05) is 6.54 Å². The van der Waals surface area contributed by atoms with Crippen LogP contribution in [0.4, 0.5) is 0 Å². The second-order valence-corrected chi connectivity index (χ2v) is 7.19. The number of aliphatic carboxylic acids is 1. The molecule has 1 saturated heterocycles. The second kappa shape index (κ2) is 4.93. The molecule has 2 bridgehead atoms. The summed E-state index contributed by atoms with van der Waals surface area (Å²) in [4.78, 5) is 37.3. The number of rotatable bonds is 6. The number of amides is 2. The van der Waals surface area contributed by atoms with Gasteiger partial charge in [-0.05, 0) is 42.9 Å². The predicted octanol–water partition coefficient (Wildman–Crippen LogP) is 1.68. The van der Waals surface area contributed by atoms with Crippen LogP contribution >= 0.6 is 0 Å². The number of hydrogen-bond acceptors (Lipinski definition) is 3. The van der Waals surface area contributed by atoms with Gasteiger partial charge in [0.25, 0.3) is 0 Å². The van der Waals surface area contributed by atoms with Crippen LogP contribution in [0.2, 0.25) is 0 Å². The largest absolute Gasteiger partial charge is 0.481 e. The summed E-state index contributed by atoms with van der Waals surface area (Å²) in [6.07, 6.45) is 7.77. The average molecular weight is 303 g/mol. The molecule has 5 nitrogen and oxygen atoms in total. The van der Waals surface area contributed by atoms with Crippen LogP contribution in [0.15, 0.2) is 12.2 Å². The zero-order valence-electron chi connectivity index (χ0n) is 12.5. The van der Waals surface area contributed by atoms with Crippen LogP contribution in [-0.2, 0) is 14.4 Å². The van der Waals surface area contributed by atoms with Gasteiger partial charge in [-0.3, -0.25) is 19.3 Å². The lowest BCUT2D eigenvalue weighted by Crippen LogP contribution is -2.40. The van der Waals surface area contributed by atoms with Crippen LogP contribution in [0, 0.1) is 35.5 Å². The number of allylic oxidation sites excluding steroid dienone is 2. The van der Waals surface area contributed by atoms with Gasteiger partial charge in [0.05, 0.1) is 11.8 Å². The van der Waals surface area contributed by atoms with Crippen molar-refractivity contribution >= 4 is 17.8 Å². The third-order valence-electron chi connectivity index (χ3n) is 6.03. The molecule has 6 atom stereocenters. The molecule has 1 N–H and O–H groups in total. The minimum atomic E-state index is -0.791. The first-order valence-corrected chi connectivity index (χ1v) is 8.35. The number of carbonyl (C=O) groups excluding carboxylic acids is 2. The molecule has 22 heavy (non-hydrogen) atoms. The fourth-order valence-corrected chi connectivity index (χ4v) is 4.96. The minimum Gasteiger partial charge on any atom is -0.481 e. The van der Waals surface area contributed by atoms with Crippen LogP contribution in [0.25, 0.3) is 0 Å².